The molecule has 2 N–H and O–H groups in total. The van der Waals surface area contributed by atoms with Crippen molar-refractivity contribution in [3.05, 3.63) is 52.3 Å². The summed E-state index contributed by atoms with van der Waals surface area (Å²) in [6, 6.07) is 8.39. The highest BCUT2D eigenvalue weighted by Crippen LogP contribution is 2.19. The lowest BCUT2D eigenvalue weighted by atomic mass is 10.2. The molecule has 0 saturated heterocycles. The Labute approximate surface area is 97.8 Å². The average Bonchev–Trinajstić information content (AvgIpc) is 2.65. The predicted octanol–water partition coefficient (Wildman–Crippen LogP) is 3.70. The first kappa shape index (κ1) is 10.3. The molecule has 3 heteroatoms. The molecule has 0 bridgehead atoms. The molecule has 0 atom stereocenters. The highest BCUT2D eigenvalue weighted by atomic mass is 79.9. The van der Waals surface area contributed by atoms with Crippen molar-refractivity contribution < 1.29 is 0 Å². The van der Waals surface area contributed by atoms with Crippen molar-refractivity contribution in [3.63, 3.8) is 0 Å². The van der Waals surface area contributed by atoms with Crippen LogP contribution in [0.25, 0.3) is 0 Å². The Morgan fingerprint density at radius 2 is 2.20 bits per heavy atom. The minimum atomic E-state index is 0.847. The van der Waals surface area contributed by atoms with E-state index in [1.54, 1.807) is 0 Å². The van der Waals surface area contributed by atoms with Gasteiger partial charge < -0.3 is 10.3 Å². The minimum Gasteiger partial charge on any atom is -0.381 e. The van der Waals surface area contributed by atoms with Crippen molar-refractivity contribution in [2.45, 2.75) is 13.5 Å². The zero-order valence-corrected chi connectivity index (χ0v) is 10.1. The van der Waals surface area contributed by atoms with E-state index >= 15 is 0 Å². The smallest absolute Gasteiger partial charge is 0.0415 e. The second-order valence-electron chi connectivity index (χ2n) is 3.59. The second-order valence-corrected chi connectivity index (χ2v) is 4.51. The van der Waals surface area contributed by atoms with E-state index in [-0.39, 0.29) is 0 Å². The number of aryl methyl sites for hydroxylation is 1. The van der Waals surface area contributed by atoms with Gasteiger partial charge in [0.25, 0.3) is 0 Å². The van der Waals surface area contributed by atoms with E-state index in [9.17, 15) is 0 Å². The Morgan fingerprint density at radius 3 is 2.87 bits per heavy atom. The summed E-state index contributed by atoms with van der Waals surface area (Å²) in [6.07, 6.45) is 3.93. The second kappa shape index (κ2) is 4.53. The minimum absolute atomic E-state index is 0.847. The van der Waals surface area contributed by atoms with Crippen molar-refractivity contribution in [2.75, 3.05) is 5.32 Å². The van der Waals surface area contributed by atoms with E-state index in [4.69, 9.17) is 0 Å². The average molecular weight is 265 g/mol. The monoisotopic (exact) mass is 264 g/mol. The van der Waals surface area contributed by atoms with Crippen LogP contribution in [0.1, 0.15) is 11.1 Å². The zero-order valence-electron chi connectivity index (χ0n) is 8.55. The number of nitrogens with one attached hydrogen (secondary N) is 2. The number of aromatic amines is 1. The van der Waals surface area contributed by atoms with Gasteiger partial charge in [0.1, 0.15) is 0 Å². The molecule has 15 heavy (non-hydrogen) atoms. The number of rotatable bonds is 3. The Morgan fingerprint density at radius 1 is 1.33 bits per heavy atom. The van der Waals surface area contributed by atoms with Crippen molar-refractivity contribution in [1.82, 2.24) is 4.98 Å². The van der Waals surface area contributed by atoms with Crippen molar-refractivity contribution in [3.8, 4) is 0 Å². The van der Waals surface area contributed by atoms with Gasteiger partial charge in [-0.1, -0.05) is 15.9 Å². The molecule has 0 unspecified atom stereocenters. The van der Waals surface area contributed by atoms with Crippen molar-refractivity contribution in [1.29, 1.82) is 0 Å². The highest BCUT2D eigenvalue weighted by Gasteiger charge is 1.97. The number of benzene rings is 1. The molecule has 0 spiro atoms. The summed E-state index contributed by atoms with van der Waals surface area (Å²) >= 11 is 3.49. The lowest BCUT2D eigenvalue weighted by molar-refractivity contribution is 1.15. The third kappa shape index (κ3) is 2.86. The number of halogens is 1. The quantitative estimate of drug-likeness (QED) is 0.870. The molecule has 0 aliphatic carbocycles. The number of hydrogen-bond donors (Lipinski definition) is 2. The van der Waals surface area contributed by atoms with Crippen LogP contribution in [-0.4, -0.2) is 4.98 Å². The summed E-state index contributed by atoms with van der Waals surface area (Å²) in [7, 11) is 0. The molecule has 2 nitrogen and oxygen atoms in total. The summed E-state index contributed by atoms with van der Waals surface area (Å²) in [5.41, 5.74) is 3.65. The van der Waals surface area contributed by atoms with Gasteiger partial charge in [-0.3, -0.25) is 0 Å². The Bertz CT molecular complexity index is 415. The van der Waals surface area contributed by atoms with Crippen molar-refractivity contribution in [2.24, 2.45) is 0 Å². The van der Waals surface area contributed by atoms with E-state index in [1.165, 1.54) is 11.1 Å². The molecule has 1 heterocycles. The largest absolute Gasteiger partial charge is 0.381 e. The van der Waals surface area contributed by atoms with Crippen LogP contribution < -0.4 is 5.32 Å². The number of H-pyrrole nitrogens is 1. The fraction of sp³-hybridized carbons (Fsp3) is 0.167. The first-order chi connectivity index (χ1) is 7.24. The molecule has 78 valence electrons. The normalized spacial score (nSPS) is 10.3. The molecule has 0 amide bonds. The maximum Gasteiger partial charge on any atom is 0.0415 e. The molecule has 0 fully saturated rings. The number of anilines is 1. The molecule has 1 aromatic carbocycles. The third-order valence-electron chi connectivity index (χ3n) is 2.20. The predicted molar refractivity (Wildman–Crippen MR) is 67.0 cm³/mol. The van der Waals surface area contributed by atoms with Crippen LogP contribution in [-0.2, 0) is 6.54 Å². The summed E-state index contributed by atoms with van der Waals surface area (Å²) in [6.45, 7) is 2.94. The topological polar surface area (TPSA) is 27.8 Å². The van der Waals surface area contributed by atoms with Crippen LogP contribution in [0.15, 0.2) is 41.1 Å². The van der Waals surface area contributed by atoms with E-state index < -0.39 is 0 Å². The maximum atomic E-state index is 3.49. The van der Waals surface area contributed by atoms with Crippen LogP contribution in [0.2, 0.25) is 0 Å². The third-order valence-corrected chi connectivity index (χ3v) is 2.66. The van der Waals surface area contributed by atoms with Crippen molar-refractivity contribution >= 4 is 21.6 Å². The van der Waals surface area contributed by atoms with Crippen LogP contribution in [0, 0.1) is 6.92 Å². The summed E-state index contributed by atoms with van der Waals surface area (Å²) in [5, 5.41) is 3.38. The first-order valence-corrected chi connectivity index (χ1v) is 5.66. The molecular formula is C12H13BrN2. The van der Waals surface area contributed by atoms with Gasteiger partial charge in [-0.2, -0.15) is 0 Å². The SMILES string of the molecule is Cc1cc(Br)cc(NCc2cc[nH]c2)c1. The molecule has 0 aliphatic heterocycles. The molecule has 2 rings (SSSR count). The van der Waals surface area contributed by atoms with E-state index in [1.807, 2.05) is 12.4 Å². The van der Waals surface area contributed by atoms with E-state index in [0.717, 1.165) is 16.7 Å². The fourth-order valence-electron chi connectivity index (χ4n) is 1.51. The molecule has 1 aromatic heterocycles. The van der Waals surface area contributed by atoms with E-state index in [0.29, 0.717) is 0 Å². The first-order valence-electron chi connectivity index (χ1n) is 4.87. The summed E-state index contributed by atoms with van der Waals surface area (Å²) in [4.78, 5) is 3.04. The number of hydrogen-bond acceptors (Lipinski definition) is 1. The molecule has 2 aromatic rings. The Kier molecular flexibility index (Phi) is 3.11. The van der Waals surface area contributed by atoms with Gasteiger partial charge in [0.05, 0.1) is 0 Å². The summed E-state index contributed by atoms with van der Waals surface area (Å²) < 4.78 is 1.11. The lowest BCUT2D eigenvalue weighted by Crippen LogP contribution is -1.98. The maximum absolute atomic E-state index is 3.49. The van der Waals surface area contributed by atoms with Crippen LogP contribution in [0.4, 0.5) is 5.69 Å². The Hall–Kier alpha value is -1.22. The van der Waals surface area contributed by atoms with Gasteiger partial charge in [-0.05, 0) is 42.3 Å². The van der Waals surface area contributed by atoms with Crippen LogP contribution >= 0.6 is 15.9 Å². The zero-order chi connectivity index (χ0) is 10.7. The Balaban J connectivity index is 2.05. The lowest BCUT2D eigenvalue weighted by Gasteiger charge is -2.06. The van der Waals surface area contributed by atoms with Gasteiger partial charge in [-0.25, -0.2) is 0 Å². The van der Waals surface area contributed by atoms with Gasteiger partial charge in [-0.15, -0.1) is 0 Å². The van der Waals surface area contributed by atoms with E-state index in [2.05, 4.69) is 57.4 Å². The van der Waals surface area contributed by atoms with Gasteiger partial charge in [0.15, 0.2) is 0 Å². The van der Waals surface area contributed by atoms with Crippen LogP contribution in [0.3, 0.4) is 0 Å². The molecular weight excluding hydrogens is 252 g/mol. The fourth-order valence-corrected chi connectivity index (χ4v) is 2.12. The van der Waals surface area contributed by atoms with Gasteiger partial charge >= 0.3 is 0 Å². The standard InChI is InChI=1S/C12H13BrN2/c1-9-4-11(13)6-12(5-9)15-8-10-2-3-14-7-10/h2-7,14-15H,8H2,1H3. The van der Waals surface area contributed by atoms with Gasteiger partial charge in [0.2, 0.25) is 0 Å². The summed E-state index contributed by atoms with van der Waals surface area (Å²) in [5.74, 6) is 0. The molecule has 0 aliphatic rings. The molecule has 0 radical (unpaired) electrons. The number of aromatic nitrogens is 1. The van der Waals surface area contributed by atoms with Gasteiger partial charge in [0, 0.05) is 29.1 Å². The van der Waals surface area contributed by atoms with Crippen LogP contribution in [0.5, 0.6) is 0 Å². The molecule has 0 saturated carbocycles. The highest BCUT2D eigenvalue weighted by molar-refractivity contribution is 9.10.